The number of nitrogens with zero attached hydrogens (tertiary/aromatic N) is 1. The number of hydrogen-bond donors (Lipinski definition) is 1. The van der Waals surface area contributed by atoms with Crippen LogP contribution in [0.2, 0.25) is 5.02 Å². The summed E-state index contributed by atoms with van der Waals surface area (Å²) in [6.07, 6.45) is 1.39. The fraction of sp³-hybridized carbons (Fsp3) is 0.158. The SMILES string of the molecule is CCOC(=O)c1cnc2cc(OC)c(Br)cc2c1Nc1cccc(Cl)c1F. The third-order valence-corrected chi connectivity index (χ3v) is 4.76. The van der Waals surface area contributed by atoms with Crippen LogP contribution < -0.4 is 10.1 Å². The van der Waals surface area contributed by atoms with Crippen LogP contribution >= 0.6 is 27.5 Å². The average molecular weight is 454 g/mol. The number of fused-ring (bicyclic) bond motifs is 1. The van der Waals surface area contributed by atoms with Crippen LogP contribution in [-0.2, 0) is 4.74 Å². The highest BCUT2D eigenvalue weighted by Crippen LogP contribution is 2.37. The molecule has 0 aliphatic rings. The van der Waals surface area contributed by atoms with E-state index in [1.54, 1.807) is 32.2 Å². The molecule has 0 atom stereocenters. The maximum Gasteiger partial charge on any atom is 0.341 e. The molecule has 0 fully saturated rings. The van der Waals surface area contributed by atoms with E-state index in [0.29, 0.717) is 26.8 Å². The number of nitrogens with one attached hydrogen (secondary N) is 1. The van der Waals surface area contributed by atoms with Crippen molar-refractivity contribution in [3.63, 3.8) is 0 Å². The summed E-state index contributed by atoms with van der Waals surface area (Å²) in [5.41, 5.74) is 1.24. The molecule has 0 saturated heterocycles. The minimum absolute atomic E-state index is 0.0288. The van der Waals surface area contributed by atoms with E-state index >= 15 is 0 Å². The minimum atomic E-state index is -0.619. The van der Waals surface area contributed by atoms with Crippen molar-refractivity contribution in [2.24, 2.45) is 0 Å². The maximum atomic E-state index is 14.4. The smallest absolute Gasteiger partial charge is 0.341 e. The fourth-order valence-electron chi connectivity index (χ4n) is 2.58. The molecule has 1 aromatic heterocycles. The Balaban J connectivity index is 2.24. The summed E-state index contributed by atoms with van der Waals surface area (Å²) >= 11 is 9.30. The third kappa shape index (κ3) is 3.84. The van der Waals surface area contributed by atoms with Gasteiger partial charge in [0.15, 0.2) is 5.82 Å². The average Bonchev–Trinajstić information content (AvgIpc) is 2.65. The number of anilines is 2. The van der Waals surface area contributed by atoms with Crippen LogP contribution in [0.1, 0.15) is 17.3 Å². The summed E-state index contributed by atoms with van der Waals surface area (Å²) in [6.45, 7) is 1.91. The first-order valence-corrected chi connectivity index (χ1v) is 9.17. The first-order valence-electron chi connectivity index (χ1n) is 8.00. The zero-order valence-corrected chi connectivity index (χ0v) is 16.8. The van der Waals surface area contributed by atoms with Crippen LogP contribution in [0.25, 0.3) is 10.9 Å². The van der Waals surface area contributed by atoms with Crippen LogP contribution in [0, 0.1) is 5.82 Å². The van der Waals surface area contributed by atoms with Gasteiger partial charge in [0.25, 0.3) is 0 Å². The molecular formula is C19H15BrClFN2O3. The molecule has 0 amide bonds. The van der Waals surface area contributed by atoms with Crippen LogP contribution in [0.5, 0.6) is 5.75 Å². The Kier molecular flexibility index (Phi) is 5.82. The predicted octanol–water partition coefficient (Wildman–Crippen LogP) is 5.72. The van der Waals surface area contributed by atoms with E-state index in [2.05, 4.69) is 26.2 Å². The van der Waals surface area contributed by atoms with Gasteiger partial charge in [0, 0.05) is 17.6 Å². The zero-order chi connectivity index (χ0) is 19.6. The number of carbonyl (C=O) groups is 1. The molecule has 1 N–H and O–H groups in total. The van der Waals surface area contributed by atoms with Gasteiger partial charge >= 0.3 is 5.97 Å². The van der Waals surface area contributed by atoms with E-state index in [4.69, 9.17) is 21.1 Å². The lowest BCUT2D eigenvalue weighted by atomic mass is 10.1. The summed E-state index contributed by atoms with van der Waals surface area (Å²) in [4.78, 5) is 16.7. The lowest BCUT2D eigenvalue weighted by Crippen LogP contribution is -2.10. The zero-order valence-electron chi connectivity index (χ0n) is 14.5. The first kappa shape index (κ1) is 19.4. The van der Waals surface area contributed by atoms with Crippen LogP contribution in [0.4, 0.5) is 15.8 Å². The number of pyridine rings is 1. The maximum absolute atomic E-state index is 14.4. The molecule has 8 heteroatoms. The van der Waals surface area contributed by atoms with Crippen molar-refractivity contribution in [1.29, 1.82) is 0 Å². The van der Waals surface area contributed by atoms with Gasteiger partial charge in [-0.05, 0) is 41.1 Å². The van der Waals surface area contributed by atoms with Crippen molar-refractivity contribution in [3.05, 3.63) is 57.4 Å². The van der Waals surface area contributed by atoms with Crippen molar-refractivity contribution in [1.82, 2.24) is 4.98 Å². The van der Waals surface area contributed by atoms with E-state index in [9.17, 15) is 9.18 Å². The molecule has 5 nitrogen and oxygen atoms in total. The normalized spacial score (nSPS) is 10.7. The Labute approximate surface area is 168 Å². The molecule has 0 aliphatic carbocycles. The number of hydrogen-bond acceptors (Lipinski definition) is 5. The Morgan fingerprint density at radius 2 is 2.15 bits per heavy atom. The number of aromatic nitrogens is 1. The first-order chi connectivity index (χ1) is 13.0. The Morgan fingerprint density at radius 3 is 2.85 bits per heavy atom. The number of rotatable bonds is 5. The largest absolute Gasteiger partial charge is 0.495 e. The Morgan fingerprint density at radius 1 is 1.37 bits per heavy atom. The van der Waals surface area contributed by atoms with Crippen molar-refractivity contribution in [2.45, 2.75) is 6.92 Å². The van der Waals surface area contributed by atoms with Crippen LogP contribution in [0.15, 0.2) is 41.0 Å². The molecule has 1 heterocycles. The number of benzene rings is 2. The molecular weight excluding hydrogens is 439 g/mol. The molecule has 3 aromatic rings. The fourth-order valence-corrected chi connectivity index (χ4v) is 3.26. The van der Waals surface area contributed by atoms with Crippen molar-refractivity contribution in [3.8, 4) is 5.75 Å². The molecule has 140 valence electrons. The van der Waals surface area contributed by atoms with E-state index in [-0.39, 0.29) is 22.9 Å². The molecule has 27 heavy (non-hydrogen) atoms. The summed E-state index contributed by atoms with van der Waals surface area (Å²) in [7, 11) is 1.54. The summed E-state index contributed by atoms with van der Waals surface area (Å²) in [5.74, 6) is -0.603. The Hall–Kier alpha value is -2.38. The van der Waals surface area contributed by atoms with Crippen molar-refractivity contribution in [2.75, 3.05) is 19.0 Å². The molecule has 0 unspecified atom stereocenters. The standard InChI is InChI=1S/C19H15BrClFN2O3/c1-3-27-19(25)11-9-23-15-8-16(26-2)12(20)7-10(15)18(11)24-14-6-4-5-13(21)17(14)22/h4-9H,3H2,1-2H3,(H,23,24). The van der Waals surface area contributed by atoms with Gasteiger partial charge in [0.05, 0.1) is 40.1 Å². The van der Waals surface area contributed by atoms with Crippen LogP contribution in [0.3, 0.4) is 0 Å². The van der Waals surface area contributed by atoms with Gasteiger partial charge in [-0.2, -0.15) is 0 Å². The van der Waals surface area contributed by atoms with Gasteiger partial charge in [0.1, 0.15) is 11.3 Å². The molecule has 3 rings (SSSR count). The van der Waals surface area contributed by atoms with Gasteiger partial charge in [-0.25, -0.2) is 9.18 Å². The summed E-state index contributed by atoms with van der Waals surface area (Å²) in [5, 5.41) is 3.53. The second kappa shape index (κ2) is 8.10. The molecule has 0 aliphatic heterocycles. The molecule has 2 aromatic carbocycles. The second-order valence-corrected chi connectivity index (χ2v) is 6.76. The van der Waals surface area contributed by atoms with E-state index < -0.39 is 11.8 Å². The highest BCUT2D eigenvalue weighted by molar-refractivity contribution is 9.10. The third-order valence-electron chi connectivity index (χ3n) is 3.85. The van der Waals surface area contributed by atoms with E-state index in [1.165, 1.54) is 18.3 Å². The predicted molar refractivity (Wildman–Crippen MR) is 107 cm³/mol. The molecule has 0 bridgehead atoms. The van der Waals surface area contributed by atoms with E-state index in [0.717, 1.165) is 0 Å². The number of halogens is 3. The number of carbonyl (C=O) groups excluding carboxylic acids is 1. The van der Waals surface area contributed by atoms with E-state index in [1.807, 2.05) is 0 Å². The van der Waals surface area contributed by atoms with Gasteiger partial charge < -0.3 is 14.8 Å². The van der Waals surface area contributed by atoms with Gasteiger partial charge in [-0.1, -0.05) is 17.7 Å². The number of methoxy groups -OCH3 is 1. The minimum Gasteiger partial charge on any atom is -0.495 e. The Bertz CT molecular complexity index is 1030. The highest BCUT2D eigenvalue weighted by atomic mass is 79.9. The molecule has 0 radical (unpaired) electrons. The number of esters is 1. The highest BCUT2D eigenvalue weighted by Gasteiger charge is 2.20. The van der Waals surface area contributed by atoms with Crippen molar-refractivity contribution >= 4 is 55.8 Å². The lowest BCUT2D eigenvalue weighted by molar-refractivity contribution is 0.0527. The number of ether oxygens (including phenoxy) is 2. The lowest BCUT2D eigenvalue weighted by Gasteiger charge is -2.16. The summed E-state index contributed by atoms with van der Waals surface area (Å²) in [6, 6.07) is 8.05. The molecule has 0 saturated carbocycles. The van der Waals surface area contributed by atoms with Gasteiger partial charge in [-0.3, -0.25) is 4.98 Å². The second-order valence-electron chi connectivity index (χ2n) is 5.50. The topological polar surface area (TPSA) is 60.5 Å². The van der Waals surface area contributed by atoms with Crippen molar-refractivity contribution < 1.29 is 18.7 Å². The van der Waals surface area contributed by atoms with Gasteiger partial charge in [-0.15, -0.1) is 0 Å². The quantitative estimate of drug-likeness (QED) is 0.501. The molecule has 0 spiro atoms. The summed E-state index contributed by atoms with van der Waals surface area (Å²) < 4.78 is 25.5. The van der Waals surface area contributed by atoms with Gasteiger partial charge in [0.2, 0.25) is 0 Å². The monoisotopic (exact) mass is 452 g/mol. The van der Waals surface area contributed by atoms with Crippen LogP contribution in [-0.4, -0.2) is 24.7 Å².